The molecule has 3 rings (SSSR count). The fourth-order valence-corrected chi connectivity index (χ4v) is 3.39. The average Bonchev–Trinajstić information content (AvgIpc) is 2.85. The Morgan fingerprint density at radius 2 is 1.96 bits per heavy atom. The minimum Gasteiger partial charge on any atom is -0.494 e. The molecule has 2 aromatic heterocycles. The molecule has 0 saturated carbocycles. The lowest BCUT2D eigenvalue weighted by atomic mass is 10.0. The van der Waals surface area contributed by atoms with E-state index in [1.54, 1.807) is 6.20 Å². The van der Waals surface area contributed by atoms with E-state index >= 15 is 0 Å². The van der Waals surface area contributed by atoms with Crippen LogP contribution in [0, 0.1) is 12.8 Å². The standard InChI is InChI=1S/C20H24N2O/c1-13(2)8-15(4)22-12-18-10-17(16-6-5-7-21-11-16)9-14(3)19(18)20(22)23/h5-7,9-13,15,23H,8H2,1-4H3. The van der Waals surface area contributed by atoms with Gasteiger partial charge in [-0.15, -0.1) is 0 Å². The molecule has 0 fully saturated rings. The van der Waals surface area contributed by atoms with Crippen LogP contribution in [-0.2, 0) is 0 Å². The summed E-state index contributed by atoms with van der Waals surface area (Å²) >= 11 is 0. The van der Waals surface area contributed by atoms with E-state index in [0.717, 1.165) is 33.9 Å². The maximum atomic E-state index is 10.7. The molecule has 0 saturated heterocycles. The lowest BCUT2D eigenvalue weighted by molar-refractivity contribution is 0.362. The summed E-state index contributed by atoms with van der Waals surface area (Å²) in [5, 5.41) is 12.7. The van der Waals surface area contributed by atoms with Crippen molar-refractivity contribution in [3.05, 3.63) is 48.4 Å². The fraction of sp³-hybridized carbons (Fsp3) is 0.350. The Labute approximate surface area is 137 Å². The Bertz CT molecular complexity index is 819. The molecule has 120 valence electrons. The van der Waals surface area contributed by atoms with E-state index in [9.17, 15) is 5.11 Å². The van der Waals surface area contributed by atoms with Crippen LogP contribution in [0.4, 0.5) is 0 Å². The van der Waals surface area contributed by atoms with Crippen LogP contribution in [0.5, 0.6) is 5.88 Å². The van der Waals surface area contributed by atoms with Gasteiger partial charge in [-0.3, -0.25) is 4.98 Å². The van der Waals surface area contributed by atoms with E-state index in [0.29, 0.717) is 11.8 Å². The van der Waals surface area contributed by atoms with Crippen LogP contribution >= 0.6 is 0 Å². The Morgan fingerprint density at radius 1 is 1.17 bits per heavy atom. The van der Waals surface area contributed by atoms with E-state index in [1.165, 1.54) is 0 Å². The summed E-state index contributed by atoms with van der Waals surface area (Å²) in [6, 6.07) is 8.55. The van der Waals surface area contributed by atoms with Crippen molar-refractivity contribution >= 4 is 10.8 Å². The predicted octanol–water partition coefficient (Wildman–Crippen LogP) is 5.32. The Kier molecular flexibility index (Phi) is 4.12. The number of nitrogens with zero attached hydrogens (tertiary/aromatic N) is 2. The largest absolute Gasteiger partial charge is 0.494 e. The highest BCUT2D eigenvalue weighted by Crippen LogP contribution is 2.36. The third-order valence-corrected chi connectivity index (χ3v) is 4.39. The van der Waals surface area contributed by atoms with E-state index in [-0.39, 0.29) is 6.04 Å². The summed E-state index contributed by atoms with van der Waals surface area (Å²) in [6.07, 6.45) is 6.78. The molecular formula is C20H24N2O. The molecule has 1 N–H and O–H groups in total. The van der Waals surface area contributed by atoms with Crippen LogP contribution in [0.3, 0.4) is 0 Å². The highest BCUT2D eigenvalue weighted by molar-refractivity contribution is 5.94. The van der Waals surface area contributed by atoms with Gasteiger partial charge in [-0.25, -0.2) is 0 Å². The van der Waals surface area contributed by atoms with Gasteiger partial charge in [0.1, 0.15) is 0 Å². The van der Waals surface area contributed by atoms with Crippen LogP contribution < -0.4 is 0 Å². The van der Waals surface area contributed by atoms with Gasteiger partial charge in [0.2, 0.25) is 0 Å². The summed E-state index contributed by atoms with van der Waals surface area (Å²) in [4.78, 5) is 4.20. The molecular weight excluding hydrogens is 284 g/mol. The van der Waals surface area contributed by atoms with Crippen molar-refractivity contribution in [2.45, 2.75) is 40.2 Å². The van der Waals surface area contributed by atoms with Crippen LogP contribution in [0.25, 0.3) is 21.9 Å². The van der Waals surface area contributed by atoms with Crippen molar-refractivity contribution in [2.24, 2.45) is 5.92 Å². The number of benzene rings is 1. The average molecular weight is 308 g/mol. The third kappa shape index (κ3) is 2.96. The molecule has 0 aliphatic rings. The number of rotatable bonds is 4. The van der Waals surface area contributed by atoms with E-state index in [1.807, 2.05) is 16.8 Å². The number of pyridine rings is 1. The molecule has 23 heavy (non-hydrogen) atoms. The van der Waals surface area contributed by atoms with Crippen molar-refractivity contribution in [3.63, 3.8) is 0 Å². The molecule has 2 heterocycles. The van der Waals surface area contributed by atoms with Gasteiger partial charge < -0.3 is 9.67 Å². The summed E-state index contributed by atoms with van der Waals surface area (Å²) in [6.45, 7) is 8.64. The van der Waals surface area contributed by atoms with Crippen LogP contribution in [0.1, 0.15) is 38.8 Å². The second-order valence-electron chi connectivity index (χ2n) is 6.84. The minimum absolute atomic E-state index is 0.281. The summed E-state index contributed by atoms with van der Waals surface area (Å²) in [5.41, 5.74) is 3.33. The summed E-state index contributed by atoms with van der Waals surface area (Å²) < 4.78 is 2.00. The maximum Gasteiger partial charge on any atom is 0.199 e. The SMILES string of the molecule is Cc1cc(-c2cccnc2)cc2cn(C(C)CC(C)C)c(O)c12. The van der Waals surface area contributed by atoms with Gasteiger partial charge in [0.15, 0.2) is 5.88 Å². The van der Waals surface area contributed by atoms with Gasteiger partial charge in [-0.05, 0) is 49.4 Å². The molecule has 0 aliphatic carbocycles. The minimum atomic E-state index is 0.281. The van der Waals surface area contributed by atoms with E-state index in [4.69, 9.17) is 0 Å². The van der Waals surface area contributed by atoms with Crippen molar-refractivity contribution in [3.8, 4) is 17.0 Å². The van der Waals surface area contributed by atoms with Crippen LogP contribution in [0.15, 0.2) is 42.9 Å². The number of aromatic hydroxyl groups is 1. The Balaban J connectivity index is 2.11. The highest BCUT2D eigenvalue weighted by Gasteiger charge is 2.17. The first-order chi connectivity index (χ1) is 11.0. The second-order valence-corrected chi connectivity index (χ2v) is 6.84. The van der Waals surface area contributed by atoms with Gasteiger partial charge in [0, 0.05) is 41.0 Å². The topological polar surface area (TPSA) is 38.0 Å². The summed E-state index contributed by atoms with van der Waals surface area (Å²) in [5.74, 6) is 0.977. The third-order valence-electron chi connectivity index (χ3n) is 4.39. The maximum absolute atomic E-state index is 10.7. The van der Waals surface area contributed by atoms with Crippen LogP contribution in [-0.4, -0.2) is 14.7 Å². The molecule has 0 spiro atoms. The van der Waals surface area contributed by atoms with Crippen molar-refractivity contribution < 1.29 is 5.11 Å². The zero-order chi connectivity index (χ0) is 16.6. The lowest BCUT2D eigenvalue weighted by Crippen LogP contribution is -2.06. The van der Waals surface area contributed by atoms with Gasteiger partial charge in [-0.1, -0.05) is 26.0 Å². The smallest absolute Gasteiger partial charge is 0.199 e. The molecule has 3 aromatic rings. The van der Waals surface area contributed by atoms with Crippen molar-refractivity contribution in [1.29, 1.82) is 0 Å². The van der Waals surface area contributed by atoms with Gasteiger partial charge >= 0.3 is 0 Å². The summed E-state index contributed by atoms with van der Waals surface area (Å²) in [7, 11) is 0. The predicted molar refractivity (Wildman–Crippen MR) is 95.7 cm³/mol. The molecule has 1 unspecified atom stereocenters. The zero-order valence-corrected chi connectivity index (χ0v) is 14.2. The quantitative estimate of drug-likeness (QED) is 0.708. The molecule has 0 radical (unpaired) electrons. The molecule has 1 aromatic carbocycles. The Hall–Kier alpha value is -2.29. The normalized spacial score (nSPS) is 12.9. The van der Waals surface area contributed by atoms with Gasteiger partial charge in [0.05, 0.1) is 0 Å². The highest BCUT2D eigenvalue weighted by atomic mass is 16.3. The first kappa shape index (κ1) is 15.6. The van der Waals surface area contributed by atoms with E-state index in [2.05, 4.69) is 57.1 Å². The van der Waals surface area contributed by atoms with Crippen molar-refractivity contribution in [1.82, 2.24) is 9.55 Å². The van der Waals surface area contributed by atoms with Gasteiger partial charge in [0.25, 0.3) is 0 Å². The molecule has 0 bridgehead atoms. The molecule has 0 aliphatic heterocycles. The zero-order valence-electron chi connectivity index (χ0n) is 14.2. The Morgan fingerprint density at radius 3 is 2.61 bits per heavy atom. The second kappa shape index (κ2) is 6.07. The van der Waals surface area contributed by atoms with Crippen molar-refractivity contribution in [2.75, 3.05) is 0 Å². The molecule has 3 heteroatoms. The molecule has 3 nitrogen and oxygen atoms in total. The first-order valence-electron chi connectivity index (χ1n) is 8.22. The van der Waals surface area contributed by atoms with E-state index < -0.39 is 0 Å². The number of aromatic nitrogens is 2. The lowest BCUT2D eigenvalue weighted by Gasteiger charge is -2.16. The molecule has 1 atom stereocenters. The number of fused-ring (bicyclic) bond motifs is 1. The monoisotopic (exact) mass is 308 g/mol. The number of hydrogen-bond acceptors (Lipinski definition) is 2. The first-order valence-corrected chi connectivity index (χ1v) is 8.22. The number of hydrogen-bond donors (Lipinski definition) is 1. The van der Waals surface area contributed by atoms with Crippen LogP contribution in [0.2, 0.25) is 0 Å². The molecule has 0 amide bonds. The number of aryl methyl sites for hydroxylation is 1. The fourth-order valence-electron chi connectivity index (χ4n) is 3.39. The van der Waals surface area contributed by atoms with Gasteiger partial charge in [-0.2, -0.15) is 0 Å².